The SMILES string of the molecule is C[C@@H]1CN(c2ncc(C(N)=O)cc2Cl)CCN1c1cccc(C(=O)NC2C3CC4CC2CC(O)(C4)C3)n1. The van der Waals surface area contributed by atoms with Crippen molar-refractivity contribution in [2.24, 2.45) is 23.5 Å². The number of anilines is 2. The maximum Gasteiger partial charge on any atom is 0.270 e. The topological polar surface area (TPSA) is 125 Å². The summed E-state index contributed by atoms with van der Waals surface area (Å²) in [6.45, 7) is 4.12. The number of piperazine rings is 1. The highest BCUT2D eigenvalue weighted by Crippen LogP contribution is 2.55. The molecule has 1 saturated heterocycles. The molecule has 0 spiro atoms. The molecule has 10 heteroatoms. The summed E-state index contributed by atoms with van der Waals surface area (Å²) >= 11 is 6.40. The van der Waals surface area contributed by atoms with Crippen molar-refractivity contribution in [2.75, 3.05) is 29.4 Å². The Morgan fingerprint density at radius 1 is 1.19 bits per heavy atom. The Balaban J connectivity index is 1.13. The van der Waals surface area contributed by atoms with Gasteiger partial charge in [0.15, 0.2) is 0 Å². The second kappa shape index (κ2) is 9.13. The van der Waals surface area contributed by atoms with Gasteiger partial charge < -0.3 is 26.0 Å². The van der Waals surface area contributed by atoms with Gasteiger partial charge >= 0.3 is 0 Å². The largest absolute Gasteiger partial charge is 0.390 e. The van der Waals surface area contributed by atoms with Crippen LogP contribution in [0.15, 0.2) is 30.5 Å². The van der Waals surface area contributed by atoms with Crippen LogP contribution in [0.5, 0.6) is 0 Å². The molecule has 7 rings (SSSR count). The summed E-state index contributed by atoms with van der Waals surface area (Å²) in [7, 11) is 0. The van der Waals surface area contributed by atoms with Gasteiger partial charge in [-0.25, -0.2) is 9.97 Å². The van der Waals surface area contributed by atoms with Crippen molar-refractivity contribution in [1.82, 2.24) is 15.3 Å². The summed E-state index contributed by atoms with van der Waals surface area (Å²) in [5.41, 5.74) is 5.52. The van der Waals surface area contributed by atoms with Crippen molar-refractivity contribution in [1.29, 1.82) is 0 Å². The predicted octanol–water partition coefficient (Wildman–Crippen LogP) is 2.61. The fourth-order valence-electron chi connectivity index (χ4n) is 7.44. The van der Waals surface area contributed by atoms with Crippen LogP contribution in [0.3, 0.4) is 0 Å². The summed E-state index contributed by atoms with van der Waals surface area (Å²) in [4.78, 5) is 38.1. The molecule has 2 amide bonds. The van der Waals surface area contributed by atoms with E-state index in [4.69, 9.17) is 22.3 Å². The Kier molecular flexibility index (Phi) is 6.03. The van der Waals surface area contributed by atoms with E-state index in [-0.39, 0.29) is 23.6 Å². The Labute approximate surface area is 221 Å². The quantitative estimate of drug-likeness (QED) is 0.549. The molecule has 0 aromatic carbocycles. The number of nitrogens with one attached hydrogen (secondary N) is 1. The zero-order chi connectivity index (χ0) is 25.9. The Morgan fingerprint density at radius 3 is 2.59 bits per heavy atom. The third kappa shape index (κ3) is 4.52. The summed E-state index contributed by atoms with van der Waals surface area (Å²) < 4.78 is 0. The van der Waals surface area contributed by atoms with Gasteiger partial charge in [0.25, 0.3) is 5.91 Å². The van der Waals surface area contributed by atoms with Crippen LogP contribution in [-0.4, -0.2) is 64.2 Å². The van der Waals surface area contributed by atoms with Crippen LogP contribution in [0.1, 0.15) is 59.9 Å². The van der Waals surface area contributed by atoms with E-state index >= 15 is 0 Å². The highest BCUT2D eigenvalue weighted by Gasteiger charge is 2.55. The van der Waals surface area contributed by atoms with Crippen molar-refractivity contribution in [3.63, 3.8) is 0 Å². The van der Waals surface area contributed by atoms with Crippen LogP contribution in [0.2, 0.25) is 5.02 Å². The molecule has 5 fully saturated rings. The second-order valence-electron chi connectivity index (χ2n) is 11.5. The van der Waals surface area contributed by atoms with Gasteiger partial charge in [-0.1, -0.05) is 17.7 Å². The molecule has 4 aliphatic carbocycles. The first-order valence-electron chi connectivity index (χ1n) is 13.2. The molecule has 1 aliphatic heterocycles. The molecular weight excluding hydrogens is 492 g/mol. The molecule has 196 valence electrons. The Morgan fingerprint density at radius 2 is 1.95 bits per heavy atom. The van der Waals surface area contributed by atoms with Gasteiger partial charge in [0.05, 0.1) is 16.2 Å². The number of hydrogen-bond acceptors (Lipinski definition) is 7. The molecule has 0 radical (unpaired) electrons. The van der Waals surface area contributed by atoms with Gasteiger partial charge in [0.1, 0.15) is 17.3 Å². The lowest BCUT2D eigenvalue weighted by Gasteiger charge is -2.58. The first kappa shape index (κ1) is 24.4. The number of amides is 2. The van der Waals surface area contributed by atoms with Gasteiger partial charge in [-0.05, 0) is 75.0 Å². The second-order valence-corrected chi connectivity index (χ2v) is 11.9. The number of carbonyl (C=O) groups excluding carboxylic acids is 2. The average Bonchev–Trinajstić information content (AvgIpc) is 2.85. The number of hydrogen-bond donors (Lipinski definition) is 3. The van der Waals surface area contributed by atoms with Crippen LogP contribution < -0.4 is 20.9 Å². The maximum absolute atomic E-state index is 13.3. The third-order valence-electron chi connectivity index (χ3n) is 8.83. The van der Waals surface area contributed by atoms with Gasteiger partial charge in [0.2, 0.25) is 5.91 Å². The standard InChI is InChI=1S/C27H33ClN6O3/c1-15-14-33(25-20(28)9-19(13-30-25)24(29)35)5-6-34(15)22-4-2-3-21(31-22)26(36)32-23-17-7-16-8-18(23)12-27(37,10-16)11-17/h2-4,9,13,15-18,23,37H,5-8,10-12,14H2,1H3,(H2,29,35)(H,32,36)/t15-,16?,17?,18?,23?,27?/m1/s1. The molecule has 3 atom stereocenters. The van der Waals surface area contributed by atoms with E-state index in [1.54, 1.807) is 12.1 Å². The number of carbonyl (C=O) groups is 2. The number of halogens is 1. The van der Waals surface area contributed by atoms with E-state index in [0.29, 0.717) is 53.9 Å². The van der Waals surface area contributed by atoms with Gasteiger partial charge in [0, 0.05) is 37.9 Å². The van der Waals surface area contributed by atoms with Crippen LogP contribution in [0.4, 0.5) is 11.6 Å². The minimum absolute atomic E-state index is 0.0958. The molecule has 2 aromatic heterocycles. The van der Waals surface area contributed by atoms with Gasteiger partial charge in [-0.15, -0.1) is 0 Å². The first-order chi connectivity index (χ1) is 17.7. The zero-order valence-corrected chi connectivity index (χ0v) is 21.7. The molecule has 4 bridgehead atoms. The summed E-state index contributed by atoms with van der Waals surface area (Å²) in [6, 6.07) is 7.36. The van der Waals surface area contributed by atoms with Crippen molar-refractivity contribution >= 4 is 35.1 Å². The number of pyridine rings is 2. The van der Waals surface area contributed by atoms with Crippen molar-refractivity contribution in [3.05, 3.63) is 46.7 Å². The zero-order valence-electron chi connectivity index (χ0n) is 20.9. The highest BCUT2D eigenvalue weighted by molar-refractivity contribution is 6.33. The molecule has 2 aromatic rings. The number of nitrogens with two attached hydrogens (primary N) is 1. The Hall–Kier alpha value is -2.91. The van der Waals surface area contributed by atoms with E-state index in [0.717, 1.165) is 37.9 Å². The summed E-state index contributed by atoms with van der Waals surface area (Å²) in [5, 5.41) is 14.5. The summed E-state index contributed by atoms with van der Waals surface area (Å²) in [5.74, 6) is 2.01. The van der Waals surface area contributed by atoms with Crippen LogP contribution in [0.25, 0.3) is 0 Å². The van der Waals surface area contributed by atoms with Crippen molar-refractivity contribution < 1.29 is 14.7 Å². The molecule has 37 heavy (non-hydrogen) atoms. The fraction of sp³-hybridized carbons (Fsp3) is 0.556. The minimum Gasteiger partial charge on any atom is -0.390 e. The number of nitrogens with zero attached hydrogens (tertiary/aromatic N) is 4. The van der Waals surface area contributed by atoms with Crippen LogP contribution in [0, 0.1) is 17.8 Å². The van der Waals surface area contributed by atoms with Crippen LogP contribution >= 0.6 is 11.6 Å². The predicted molar refractivity (Wildman–Crippen MR) is 141 cm³/mol. The molecule has 2 unspecified atom stereocenters. The van der Waals surface area contributed by atoms with E-state index < -0.39 is 11.5 Å². The molecule has 5 aliphatic rings. The summed E-state index contributed by atoms with van der Waals surface area (Å²) in [6.07, 6.45) is 6.17. The molecule has 4 N–H and O–H groups in total. The lowest BCUT2D eigenvalue weighted by Crippen LogP contribution is -2.61. The average molecular weight is 525 g/mol. The van der Waals surface area contributed by atoms with Crippen molar-refractivity contribution in [2.45, 2.75) is 56.7 Å². The van der Waals surface area contributed by atoms with E-state index in [2.05, 4.69) is 27.0 Å². The van der Waals surface area contributed by atoms with Crippen LogP contribution in [-0.2, 0) is 0 Å². The number of rotatable bonds is 5. The molecule has 9 nitrogen and oxygen atoms in total. The number of aromatic nitrogens is 2. The molecule has 3 heterocycles. The van der Waals surface area contributed by atoms with E-state index in [1.165, 1.54) is 6.20 Å². The first-order valence-corrected chi connectivity index (χ1v) is 13.5. The molecular formula is C27H33ClN6O3. The maximum atomic E-state index is 13.3. The molecule has 4 saturated carbocycles. The Bertz CT molecular complexity index is 1220. The van der Waals surface area contributed by atoms with E-state index in [9.17, 15) is 14.7 Å². The monoisotopic (exact) mass is 524 g/mol. The minimum atomic E-state index is -0.560. The number of primary amides is 1. The normalized spacial score (nSPS) is 32.5. The highest BCUT2D eigenvalue weighted by atomic mass is 35.5. The van der Waals surface area contributed by atoms with Gasteiger partial charge in [-0.2, -0.15) is 0 Å². The fourth-order valence-corrected chi connectivity index (χ4v) is 7.73. The van der Waals surface area contributed by atoms with Gasteiger partial charge in [-0.3, -0.25) is 9.59 Å². The lowest BCUT2D eigenvalue weighted by molar-refractivity contribution is -0.136. The third-order valence-corrected chi connectivity index (χ3v) is 9.11. The van der Waals surface area contributed by atoms with Crippen molar-refractivity contribution in [3.8, 4) is 0 Å². The smallest absolute Gasteiger partial charge is 0.270 e. The number of aliphatic hydroxyl groups is 1. The van der Waals surface area contributed by atoms with E-state index in [1.807, 2.05) is 12.1 Å². The lowest BCUT2D eigenvalue weighted by atomic mass is 9.52.